The van der Waals surface area contributed by atoms with Gasteiger partial charge in [0.25, 0.3) is 0 Å². The number of aromatic amines is 1. The van der Waals surface area contributed by atoms with E-state index in [1.54, 1.807) is 4.90 Å². The summed E-state index contributed by atoms with van der Waals surface area (Å²) in [7, 11) is 0. The van der Waals surface area contributed by atoms with E-state index in [9.17, 15) is 4.79 Å². The van der Waals surface area contributed by atoms with Gasteiger partial charge in [0.1, 0.15) is 17.7 Å². The summed E-state index contributed by atoms with van der Waals surface area (Å²) in [6.07, 6.45) is 1.43. The van der Waals surface area contributed by atoms with Gasteiger partial charge in [-0.25, -0.2) is 15.0 Å². The monoisotopic (exact) mass is 276 g/mol. The molecule has 0 spiro atoms. The van der Waals surface area contributed by atoms with E-state index in [1.807, 2.05) is 6.92 Å². The standard InChI is InChI=1S/C12H16N6O2/c1-8-16-10-11(14-7-15-12(10)17-8)13-6-9(19)18-2-4-20-5-3-18/h7H,2-6H2,1H3,(H2,13,14,15,16,17). The Morgan fingerprint density at radius 1 is 1.45 bits per heavy atom. The molecular formula is C12H16N6O2. The van der Waals surface area contributed by atoms with Gasteiger partial charge in [-0.15, -0.1) is 0 Å². The largest absolute Gasteiger partial charge is 0.378 e. The van der Waals surface area contributed by atoms with Crippen LogP contribution in [0.3, 0.4) is 0 Å². The first-order chi connectivity index (χ1) is 9.74. The summed E-state index contributed by atoms with van der Waals surface area (Å²) in [5, 5.41) is 3.04. The number of ether oxygens (including phenoxy) is 1. The lowest BCUT2D eigenvalue weighted by molar-refractivity contribution is -0.133. The van der Waals surface area contributed by atoms with Crippen molar-refractivity contribution in [3.05, 3.63) is 12.2 Å². The molecule has 1 aliphatic heterocycles. The molecule has 2 aromatic rings. The Bertz CT molecular complexity index is 619. The molecule has 2 N–H and O–H groups in total. The quantitative estimate of drug-likeness (QED) is 0.815. The van der Waals surface area contributed by atoms with Gasteiger partial charge in [-0.2, -0.15) is 0 Å². The van der Waals surface area contributed by atoms with E-state index in [1.165, 1.54) is 6.33 Å². The van der Waals surface area contributed by atoms with E-state index in [0.717, 1.165) is 11.3 Å². The highest BCUT2D eigenvalue weighted by Crippen LogP contribution is 2.15. The second kappa shape index (κ2) is 5.41. The maximum atomic E-state index is 12.1. The number of nitrogens with one attached hydrogen (secondary N) is 2. The molecule has 1 fully saturated rings. The average Bonchev–Trinajstić information content (AvgIpc) is 2.86. The van der Waals surface area contributed by atoms with E-state index in [4.69, 9.17) is 4.74 Å². The van der Waals surface area contributed by atoms with Gasteiger partial charge in [-0.3, -0.25) is 4.79 Å². The highest BCUT2D eigenvalue weighted by Gasteiger charge is 2.17. The van der Waals surface area contributed by atoms with Crippen molar-refractivity contribution < 1.29 is 9.53 Å². The summed E-state index contributed by atoms with van der Waals surface area (Å²) in [6, 6.07) is 0. The Morgan fingerprint density at radius 2 is 2.25 bits per heavy atom. The fourth-order valence-electron chi connectivity index (χ4n) is 2.16. The number of amides is 1. The van der Waals surface area contributed by atoms with Crippen LogP contribution in [0.15, 0.2) is 6.33 Å². The van der Waals surface area contributed by atoms with E-state index >= 15 is 0 Å². The molecule has 0 aromatic carbocycles. The number of H-pyrrole nitrogens is 1. The first kappa shape index (κ1) is 12.8. The van der Waals surface area contributed by atoms with Crippen molar-refractivity contribution in [2.75, 3.05) is 38.2 Å². The predicted octanol–water partition coefficient (Wildman–Crippen LogP) is -0.0680. The van der Waals surface area contributed by atoms with Crippen LogP contribution in [-0.2, 0) is 9.53 Å². The maximum absolute atomic E-state index is 12.1. The van der Waals surface area contributed by atoms with Gasteiger partial charge >= 0.3 is 0 Å². The Kier molecular flexibility index (Phi) is 3.46. The molecular weight excluding hydrogens is 260 g/mol. The Balaban J connectivity index is 1.68. The van der Waals surface area contributed by atoms with E-state index in [0.29, 0.717) is 37.8 Å². The van der Waals surface area contributed by atoms with Crippen LogP contribution in [-0.4, -0.2) is 63.6 Å². The minimum atomic E-state index is 0.0382. The maximum Gasteiger partial charge on any atom is 0.242 e. The number of imidazole rings is 1. The lowest BCUT2D eigenvalue weighted by Gasteiger charge is -2.26. The van der Waals surface area contributed by atoms with Gasteiger partial charge in [-0.1, -0.05) is 0 Å². The van der Waals surface area contributed by atoms with Crippen molar-refractivity contribution in [3.63, 3.8) is 0 Å². The van der Waals surface area contributed by atoms with Crippen LogP contribution in [0.25, 0.3) is 11.2 Å². The zero-order valence-corrected chi connectivity index (χ0v) is 11.2. The average molecular weight is 276 g/mol. The second-order valence-electron chi connectivity index (χ2n) is 4.59. The smallest absolute Gasteiger partial charge is 0.242 e. The molecule has 0 bridgehead atoms. The number of carbonyl (C=O) groups is 1. The molecule has 8 nitrogen and oxygen atoms in total. The van der Waals surface area contributed by atoms with E-state index in [2.05, 4.69) is 25.3 Å². The van der Waals surface area contributed by atoms with Gasteiger partial charge in [0.05, 0.1) is 19.8 Å². The normalized spacial score (nSPS) is 15.6. The van der Waals surface area contributed by atoms with Gasteiger partial charge < -0.3 is 19.9 Å². The number of fused-ring (bicyclic) bond motifs is 1. The molecule has 0 aliphatic carbocycles. The van der Waals surface area contributed by atoms with Crippen LogP contribution in [0.5, 0.6) is 0 Å². The third-order valence-electron chi connectivity index (χ3n) is 3.18. The number of aromatic nitrogens is 4. The van der Waals surface area contributed by atoms with Gasteiger partial charge in [0.2, 0.25) is 5.91 Å². The summed E-state index contributed by atoms with van der Waals surface area (Å²) < 4.78 is 5.22. The van der Waals surface area contributed by atoms with Gasteiger partial charge in [0.15, 0.2) is 11.5 Å². The third-order valence-corrected chi connectivity index (χ3v) is 3.18. The first-order valence-corrected chi connectivity index (χ1v) is 6.51. The summed E-state index contributed by atoms with van der Waals surface area (Å²) in [5.41, 5.74) is 1.32. The second-order valence-corrected chi connectivity index (χ2v) is 4.59. The zero-order valence-electron chi connectivity index (χ0n) is 11.2. The fourth-order valence-corrected chi connectivity index (χ4v) is 2.16. The molecule has 0 radical (unpaired) electrons. The Labute approximate surface area is 115 Å². The van der Waals surface area contributed by atoms with Crippen LogP contribution >= 0.6 is 0 Å². The number of anilines is 1. The molecule has 106 valence electrons. The molecule has 0 atom stereocenters. The minimum Gasteiger partial charge on any atom is -0.378 e. The lowest BCUT2D eigenvalue weighted by atomic mass is 10.4. The topological polar surface area (TPSA) is 96.0 Å². The molecule has 1 aliphatic rings. The Morgan fingerprint density at radius 3 is 3.05 bits per heavy atom. The molecule has 0 unspecified atom stereocenters. The van der Waals surface area contributed by atoms with Crippen LogP contribution in [0.2, 0.25) is 0 Å². The first-order valence-electron chi connectivity index (χ1n) is 6.51. The zero-order chi connectivity index (χ0) is 13.9. The van der Waals surface area contributed by atoms with Crippen molar-refractivity contribution in [2.45, 2.75) is 6.92 Å². The minimum absolute atomic E-state index is 0.0382. The number of hydrogen-bond acceptors (Lipinski definition) is 6. The van der Waals surface area contributed by atoms with Gasteiger partial charge in [-0.05, 0) is 6.92 Å². The van der Waals surface area contributed by atoms with Crippen LogP contribution in [0.1, 0.15) is 5.82 Å². The summed E-state index contributed by atoms with van der Waals surface area (Å²) in [4.78, 5) is 29.4. The van der Waals surface area contributed by atoms with Crippen molar-refractivity contribution in [3.8, 4) is 0 Å². The van der Waals surface area contributed by atoms with Crippen molar-refractivity contribution in [2.24, 2.45) is 0 Å². The van der Waals surface area contributed by atoms with Crippen LogP contribution < -0.4 is 5.32 Å². The molecule has 1 saturated heterocycles. The van der Waals surface area contributed by atoms with Crippen molar-refractivity contribution in [1.82, 2.24) is 24.8 Å². The molecule has 2 aromatic heterocycles. The van der Waals surface area contributed by atoms with Crippen LogP contribution in [0, 0.1) is 6.92 Å². The summed E-state index contributed by atoms with van der Waals surface area (Å²) in [6.45, 7) is 4.53. The number of aryl methyl sites for hydroxylation is 1. The molecule has 8 heteroatoms. The lowest BCUT2D eigenvalue weighted by Crippen LogP contribution is -2.43. The van der Waals surface area contributed by atoms with Crippen molar-refractivity contribution in [1.29, 1.82) is 0 Å². The molecule has 20 heavy (non-hydrogen) atoms. The highest BCUT2D eigenvalue weighted by molar-refractivity contribution is 5.86. The van der Waals surface area contributed by atoms with Gasteiger partial charge in [0, 0.05) is 13.1 Å². The molecule has 0 saturated carbocycles. The predicted molar refractivity (Wildman–Crippen MR) is 72.3 cm³/mol. The number of nitrogens with zero attached hydrogens (tertiary/aromatic N) is 4. The number of rotatable bonds is 3. The summed E-state index contributed by atoms with van der Waals surface area (Å²) >= 11 is 0. The number of hydrogen-bond donors (Lipinski definition) is 2. The van der Waals surface area contributed by atoms with E-state index in [-0.39, 0.29) is 12.5 Å². The third kappa shape index (κ3) is 2.55. The van der Waals surface area contributed by atoms with Crippen molar-refractivity contribution >= 4 is 22.9 Å². The Hall–Kier alpha value is -2.22. The molecule has 3 heterocycles. The number of morpholine rings is 1. The van der Waals surface area contributed by atoms with E-state index < -0.39 is 0 Å². The number of carbonyl (C=O) groups excluding carboxylic acids is 1. The molecule has 1 amide bonds. The summed E-state index contributed by atoms with van der Waals surface area (Å²) in [5.74, 6) is 1.40. The molecule has 3 rings (SSSR count). The SMILES string of the molecule is Cc1nc2ncnc(NCC(=O)N3CCOCC3)c2[nH]1. The highest BCUT2D eigenvalue weighted by atomic mass is 16.5. The fraction of sp³-hybridized carbons (Fsp3) is 0.500. The van der Waals surface area contributed by atoms with Crippen LogP contribution in [0.4, 0.5) is 5.82 Å².